The lowest BCUT2D eigenvalue weighted by atomic mass is 10.1. The number of aryl methyl sites for hydroxylation is 2. The van der Waals surface area contributed by atoms with Gasteiger partial charge in [-0.15, -0.1) is 0 Å². The molecule has 2 amide bonds. The zero-order valence-electron chi connectivity index (χ0n) is 14.6. The third-order valence-electron chi connectivity index (χ3n) is 4.60. The molecule has 3 rings (SSSR count). The highest BCUT2D eigenvalue weighted by atomic mass is 16.6. The fraction of sp³-hybridized carbons (Fsp3) is 0.263. The third-order valence-corrected chi connectivity index (χ3v) is 4.60. The van der Waals surface area contributed by atoms with E-state index in [4.69, 9.17) is 0 Å². The van der Waals surface area contributed by atoms with Crippen molar-refractivity contribution in [2.45, 2.75) is 26.3 Å². The SMILES string of the molecule is Cc1ccc(N2CC(NC(=O)c3ccc([N+](=O)[O-])cc3)CC2=O)cc1C. The Kier molecular flexibility index (Phi) is 4.71. The van der Waals surface area contributed by atoms with Crippen molar-refractivity contribution >= 4 is 23.2 Å². The largest absolute Gasteiger partial charge is 0.347 e. The van der Waals surface area contributed by atoms with Crippen molar-refractivity contribution in [3.63, 3.8) is 0 Å². The molecule has 1 aliphatic heterocycles. The highest BCUT2D eigenvalue weighted by Gasteiger charge is 2.31. The van der Waals surface area contributed by atoms with Gasteiger partial charge in [-0.25, -0.2) is 0 Å². The molecule has 26 heavy (non-hydrogen) atoms. The van der Waals surface area contributed by atoms with Crippen LogP contribution in [0.3, 0.4) is 0 Å². The van der Waals surface area contributed by atoms with E-state index >= 15 is 0 Å². The number of benzene rings is 2. The lowest BCUT2D eigenvalue weighted by molar-refractivity contribution is -0.384. The number of anilines is 1. The topological polar surface area (TPSA) is 92.6 Å². The van der Waals surface area contributed by atoms with E-state index in [0.29, 0.717) is 12.1 Å². The number of hydrogen-bond acceptors (Lipinski definition) is 4. The lowest BCUT2D eigenvalue weighted by Crippen LogP contribution is -2.37. The van der Waals surface area contributed by atoms with Crippen molar-refractivity contribution in [3.05, 3.63) is 69.3 Å². The molecule has 0 aliphatic carbocycles. The third kappa shape index (κ3) is 3.56. The Labute approximate surface area is 150 Å². The van der Waals surface area contributed by atoms with E-state index in [-0.39, 0.29) is 30.0 Å². The smallest absolute Gasteiger partial charge is 0.269 e. The molecule has 7 heteroatoms. The monoisotopic (exact) mass is 353 g/mol. The van der Waals surface area contributed by atoms with Gasteiger partial charge >= 0.3 is 0 Å². The van der Waals surface area contributed by atoms with Gasteiger partial charge in [0, 0.05) is 36.3 Å². The van der Waals surface area contributed by atoms with Crippen molar-refractivity contribution in [1.29, 1.82) is 0 Å². The molecule has 1 heterocycles. The van der Waals surface area contributed by atoms with Crippen LogP contribution in [0.25, 0.3) is 0 Å². The van der Waals surface area contributed by atoms with Crippen LogP contribution in [-0.2, 0) is 4.79 Å². The van der Waals surface area contributed by atoms with E-state index in [1.807, 2.05) is 32.0 Å². The lowest BCUT2D eigenvalue weighted by Gasteiger charge is -2.18. The Hall–Kier alpha value is -3.22. The number of carbonyl (C=O) groups excluding carboxylic acids is 2. The van der Waals surface area contributed by atoms with Gasteiger partial charge < -0.3 is 10.2 Å². The second kappa shape index (κ2) is 6.95. The summed E-state index contributed by atoms with van der Waals surface area (Å²) in [5, 5.41) is 13.5. The molecular weight excluding hydrogens is 334 g/mol. The number of rotatable bonds is 4. The summed E-state index contributed by atoms with van der Waals surface area (Å²) in [4.78, 5) is 36.5. The minimum absolute atomic E-state index is 0.0396. The molecule has 0 radical (unpaired) electrons. The maximum absolute atomic E-state index is 12.3. The maximum Gasteiger partial charge on any atom is 0.269 e. The Balaban J connectivity index is 1.67. The van der Waals surface area contributed by atoms with Gasteiger partial charge in [0.15, 0.2) is 0 Å². The summed E-state index contributed by atoms with van der Waals surface area (Å²) in [5.74, 6) is -0.387. The molecule has 7 nitrogen and oxygen atoms in total. The summed E-state index contributed by atoms with van der Waals surface area (Å²) in [6, 6.07) is 10.9. The van der Waals surface area contributed by atoms with Crippen LogP contribution in [0, 0.1) is 24.0 Å². The molecule has 0 aromatic heterocycles. The Bertz CT molecular complexity index is 877. The number of hydrogen-bond donors (Lipinski definition) is 1. The second-order valence-corrected chi connectivity index (χ2v) is 6.45. The highest BCUT2D eigenvalue weighted by Crippen LogP contribution is 2.24. The van der Waals surface area contributed by atoms with Crippen LogP contribution in [0.2, 0.25) is 0 Å². The first-order valence-corrected chi connectivity index (χ1v) is 8.28. The van der Waals surface area contributed by atoms with E-state index in [9.17, 15) is 19.7 Å². The minimum Gasteiger partial charge on any atom is -0.347 e. The molecule has 1 fully saturated rings. The summed E-state index contributed by atoms with van der Waals surface area (Å²) in [6.45, 7) is 4.41. The van der Waals surface area contributed by atoms with Crippen LogP contribution < -0.4 is 10.2 Å². The normalized spacial score (nSPS) is 16.6. The second-order valence-electron chi connectivity index (χ2n) is 6.45. The number of nitro benzene ring substituents is 1. The quantitative estimate of drug-likeness (QED) is 0.676. The molecule has 1 aliphatic rings. The van der Waals surface area contributed by atoms with Crippen molar-refractivity contribution < 1.29 is 14.5 Å². The van der Waals surface area contributed by atoms with Crippen molar-refractivity contribution in [2.24, 2.45) is 0 Å². The van der Waals surface area contributed by atoms with Gasteiger partial charge in [0.25, 0.3) is 11.6 Å². The van der Waals surface area contributed by atoms with Gasteiger partial charge in [-0.1, -0.05) is 6.07 Å². The van der Waals surface area contributed by atoms with Gasteiger partial charge in [-0.3, -0.25) is 19.7 Å². The van der Waals surface area contributed by atoms with E-state index in [0.717, 1.165) is 16.8 Å². The number of nitrogens with one attached hydrogen (secondary N) is 1. The predicted octanol–water partition coefficient (Wildman–Crippen LogP) is 2.75. The number of nitro groups is 1. The van der Waals surface area contributed by atoms with Crippen LogP contribution in [0.4, 0.5) is 11.4 Å². The zero-order chi connectivity index (χ0) is 18.8. The molecule has 2 aromatic carbocycles. The average Bonchev–Trinajstić information content (AvgIpc) is 2.97. The molecule has 134 valence electrons. The maximum atomic E-state index is 12.3. The number of carbonyl (C=O) groups is 2. The van der Waals surface area contributed by atoms with Crippen molar-refractivity contribution in [3.8, 4) is 0 Å². The number of nitrogens with zero attached hydrogens (tertiary/aromatic N) is 2. The zero-order valence-corrected chi connectivity index (χ0v) is 14.6. The van der Waals surface area contributed by atoms with Crippen LogP contribution in [0.1, 0.15) is 27.9 Å². The van der Waals surface area contributed by atoms with E-state index < -0.39 is 4.92 Å². The first-order valence-electron chi connectivity index (χ1n) is 8.28. The Morgan fingerprint density at radius 2 is 1.85 bits per heavy atom. The van der Waals surface area contributed by atoms with Crippen LogP contribution in [0.15, 0.2) is 42.5 Å². The average molecular weight is 353 g/mol. The number of non-ortho nitro benzene ring substituents is 1. The summed E-state index contributed by atoms with van der Waals surface area (Å²) < 4.78 is 0. The molecule has 0 bridgehead atoms. The van der Waals surface area contributed by atoms with Gasteiger partial charge in [0.05, 0.1) is 11.0 Å². The van der Waals surface area contributed by atoms with Crippen molar-refractivity contribution in [1.82, 2.24) is 5.32 Å². The highest BCUT2D eigenvalue weighted by molar-refractivity contribution is 5.99. The van der Waals surface area contributed by atoms with E-state index in [2.05, 4.69) is 5.32 Å². The fourth-order valence-corrected chi connectivity index (χ4v) is 2.95. The molecule has 0 saturated carbocycles. The van der Waals surface area contributed by atoms with E-state index in [1.54, 1.807) is 4.90 Å². The molecular formula is C19H19N3O4. The van der Waals surface area contributed by atoms with E-state index in [1.165, 1.54) is 24.3 Å². The molecule has 1 N–H and O–H groups in total. The Morgan fingerprint density at radius 3 is 2.46 bits per heavy atom. The van der Waals surface area contributed by atoms with Gasteiger partial charge in [-0.2, -0.15) is 0 Å². The summed E-state index contributed by atoms with van der Waals surface area (Å²) in [7, 11) is 0. The van der Waals surface area contributed by atoms with Crippen molar-refractivity contribution in [2.75, 3.05) is 11.4 Å². The van der Waals surface area contributed by atoms with Crippen LogP contribution in [-0.4, -0.2) is 29.3 Å². The molecule has 1 saturated heterocycles. The first-order chi connectivity index (χ1) is 12.3. The fourth-order valence-electron chi connectivity index (χ4n) is 2.95. The van der Waals surface area contributed by atoms with Gasteiger partial charge in [-0.05, 0) is 49.2 Å². The van der Waals surface area contributed by atoms with Crippen LogP contribution in [0.5, 0.6) is 0 Å². The molecule has 1 atom stereocenters. The molecule has 1 unspecified atom stereocenters. The van der Waals surface area contributed by atoms with Gasteiger partial charge in [0.1, 0.15) is 0 Å². The van der Waals surface area contributed by atoms with Gasteiger partial charge in [0.2, 0.25) is 5.91 Å². The standard InChI is InChI=1S/C19H19N3O4/c1-12-3-6-17(9-13(12)2)21-11-15(10-18(21)23)20-19(24)14-4-7-16(8-5-14)22(25)26/h3-9,15H,10-11H2,1-2H3,(H,20,24). The first kappa shape index (κ1) is 17.6. The molecule has 0 spiro atoms. The Morgan fingerprint density at radius 1 is 1.15 bits per heavy atom. The minimum atomic E-state index is -0.515. The van der Waals surface area contributed by atoms with Crippen LogP contribution >= 0.6 is 0 Å². The summed E-state index contributed by atoms with van der Waals surface area (Å²) >= 11 is 0. The number of amides is 2. The molecule has 2 aromatic rings. The summed E-state index contributed by atoms with van der Waals surface area (Å²) in [5.41, 5.74) is 3.34. The summed E-state index contributed by atoms with van der Waals surface area (Å²) in [6.07, 6.45) is 0.228. The predicted molar refractivity (Wildman–Crippen MR) is 97.2 cm³/mol.